The van der Waals surface area contributed by atoms with E-state index in [0.717, 1.165) is 24.4 Å². The zero-order valence-corrected chi connectivity index (χ0v) is 16.4. The van der Waals surface area contributed by atoms with E-state index in [4.69, 9.17) is 0 Å². The second kappa shape index (κ2) is 8.45. The second-order valence-electron chi connectivity index (χ2n) is 7.25. The first kappa shape index (κ1) is 19.1. The molecule has 1 saturated carbocycles. The van der Waals surface area contributed by atoms with E-state index >= 15 is 0 Å². The maximum absolute atomic E-state index is 13.6. The van der Waals surface area contributed by atoms with Crippen LogP contribution in [0.1, 0.15) is 25.7 Å². The van der Waals surface area contributed by atoms with Gasteiger partial charge in [-0.25, -0.2) is 4.39 Å². The summed E-state index contributed by atoms with van der Waals surface area (Å²) < 4.78 is 15.5. The van der Waals surface area contributed by atoms with Gasteiger partial charge >= 0.3 is 0 Å². The molecule has 3 unspecified atom stereocenters. The third kappa shape index (κ3) is 3.98. The second-order valence-corrected chi connectivity index (χ2v) is 8.24. The number of fused-ring (bicyclic) bond motifs is 1. The van der Waals surface area contributed by atoms with Gasteiger partial charge in [0, 0.05) is 23.9 Å². The molecule has 1 aromatic heterocycles. The van der Waals surface area contributed by atoms with Crippen LogP contribution in [0.5, 0.6) is 0 Å². The summed E-state index contributed by atoms with van der Waals surface area (Å²) in [4.78, 5) is 12.4. The van der Waals surface area contributed by atoms with Crippen molar-refractivity contribution in [1.29, 1.82) is 0 Å². The molecule has 0 spiro atoms. The number of thioether (sulfide) groups is 1. The van der Waals surface area contributed by atoms with Crippen LogP contribution >= 0.6 is 11.8 Å². The quantitative estimate of drug-likeness (QED) is 0.575. The summed E-state index contributed by atoms with van der Waals surface area (Å²) in [6, 6.07) is 6.59. The molecule has 1 amide bonds. The molecular weight excluding hydrogens is 377 g/mol. The van der Waals surface area contributed by atoms with Gasteiger partial charge in [-0.15, -0.1) is 16.8 Å². The normalized spacial score (nSPS) is 24.5. The average molecular weight is 402 g/mol. The molecular formula is C20H24FN5OS. The highest BCUT2D eigenvalue weighted by molar-refractivity contribution is 7.99. The largest absolute Gasteiger partial charge is 0.340 e. The van der Waals surface area contributed by atoms with Crippen molar-refractivity contribution in [3.8, 4) is 11.4 Å². The number of nitrogens with zero attached hydrogens (tertiary/aromatic N) is 3. The molecule has 8 heteroatoms. The highest BCUT2D eigenvalue weighted by Gasteiger charge is 2.37. The lowest BCUT2D eigenvalue weighted by atomic mass is 9.82. The minimum Gasteiger partial charge on any atom is -0.340 e. The molecule has 2 aromatic rings. The first-order valence-corrected chi connectivity index (χ1v) is 10.6. The van der Waals surface area contributed by atoms with Crippen LogP contribution < -0.4 is 10.6 Å². The number of aromatic nitrogens is 3. The number of nitrogens with one attached hydrogen (secondary N) is 2. The number of benzene rings is 1. The van der Waals surface area contributed by atoms with Crippen molar-refractivity contribution >= 4 is 17.7 Å². The van der Waals surface area contributed by atoms with E-state index in [1.54, 1.807) is 12.1 Å². The van der Waals surface area contributed by atoms with Crippen molar-refractivity contribution in [2.45, 2.75) is 49.6 Å². The summed E-state index contributed by atoms with van der Waals surface area (Å²) in [7, 11) is 0. The van der Waals surface area contributed by atoms with E-state index in [0.29, 0.717) is 23.7 Å². The van der Waals surface area contributed by atoms with E-state index in [1.807, 2.05) is 10.6 Å². The number of amides is 1. The molecule has 2 heterocycles. The van der Waals surface area contributed by atoms with Gasteiger partial charge in [-0.1, -0.05) is 42.8 Å². The summed E-state index contributed by atoms with van der Waals surface area (Å²) in [5.74, 6) is 1.19. The summed E-state index contributed by atoms with van der Waals surface area (Å²) >= 11 is 1.53. The highest BCUT2D eigenvalue weighted by Crippen LogP contribution is 2.29. The van der Waals surface area contributed by atoms with Gasteiger partial charge in [-0.05, 0) is 25.0 Å². The van der Waals surface area contributed by atoms with Gasteiger partial charge in [-0.2, -0.15) is 0 Å². The topological polar surface area (TPSA) is 71.8 Å². The van der Waals surface area contributed by atoms with Gasteiger partial charge in [0.05, 0.1) is 12.1 Å². The molecule has 2 N–H and O–H groups in total. The number of carbonyl (C=O) groups excluding carboxylic acids is 1. The van der Waals surface area contributed by atoms with Crippen molar-refractivity contribution in [3.05, 3.63) is 42.7 Å². The van der Waals surface area contributed by atoms with Crippen molar-refractivity contribution < 1.29 is 9.18 Å². The predicted molar refractivity (Wildman–Crippen MR) is 107 cm³/mol. The molecule has 1 aliphatic carbocycles. The number of hydrogen-bond acceptors (Lipinski definition) is 5. The Hall–Kier alpha value is -2.19. The lowest BCUT2D eigenvalue weighted by Gasteiger charge is -2.40. The third-order valence-corrected chi connectivity index (χ3v) is 6.39. The SMILES string of the molecule is C=CCn1c(SCC2NC(=O)C3CCCCC3N2)nnc1-c1cccc(F)c1. The standard InChI is InChI=1S/C20H24FN5OS/c1-2-10-26-18(13-6-5-7-14(21)11-13)24-25-20(26)28-12-17-22-16-9-4-3-8-15(16)19(27)23-17/h2,5-7,11,15-17,22H,1,3-4,8-10,12H2,(H,23,27). The van der Waals surface area contributed by atoms with Gasteiger partial charge in [0.1, 0.15) is 5.82 Å². The average Bonchev–Trinajstić information content (AvgIpc) is 3.09. The van der Waals surface area contributed by atoms with Crippen LogP contribution in [0.3, 0.4) is 0 Å². The van der Waals surface area contributed by atoms with Crippen molar-refractivity contribution in [2.24, 2.45) is 5.92 Å². The van der Waals surface area contributed by atoms with Gasteiger partial charge in [-0.3, -0.25) is 14.7 Å². The summed E-state index contributed by atoms with van der Waals surface area (Å²) in [6.07, 6.45) is 5.99. The molecule has 4 rings (SSSR count). The number of halogens is 1. The molecule has 28 heavy (non-hydrogen) atoms. The number of allylic oxidation sites excluding steroid dienone is 1. The molecule has 1 aromatic carbocycles. The van der Waals surface area contributed by atoms with E-state index in [-0.39, 0.29) is 29.8 Å². The Kier molecular flexibility index (Phi) is 5.77. The van der Waals surface area contributed by atoms with Gasteiger partial charge in [0.2, 0.25) is 5.91 Å². The summed E-state index contributed by atoms with van der Waals surface area (Å²) in [5.41, 5.74) is 0.676. The van der Waals surface area contributed by atoms with Crippen LogP contribution in [-0.2, 0) is 11.3 Å². The van der Waals surface area contributed by atoms with E-state index in [2.05, 4.69) is 27.4 Å². The first-order valence-electron chi connectivity index (χ1n) is 9.65. The van der Waals surface area contributed by atoms with Crippen molar-refractivity contribution in [1.82, 2.24) is 25.4 Å². The molecule has 3 atom stereocenters. The molecule has 1 saturated heterocycles. The fourth-order valence-corrected chi connectivity index (χ4v) is 4.91. The Balaban J connectivity index is 1.47. The molecule has 2 aliphatic rings. The fourth-order valence-electron chi connectivity index (χ4n) is 4.00. The molecule has 1 aliphatic heterocycles. The van der Waals surface area contributed by atoms with E-state index < -0.39 is 0 Å². The van der Waals surface area contributed by atoms with Gasteiger partial charge < -0.3 is 5.32 Å². The van der Waals surface area contributed by atoms with Crippen LogP contribution in [0.25, 0.3) is 11.4 Å². The highest BCUT2D eigenvalue weighted by atomic mass is 32.2. The molecule has 2 fully saturated rings. The minimum absolute atomic E-state index is 0.0941. The monoisotopic (exact) mass is 401 g/mol. The van der Waals surface area contributed by atoms with E-state index in [9.17, 15) is 9.18 Å². The lowest BCUT2D eigenvalue weighted by molar-refractivity contribution is -0.130. The van der Waals surface area contributed by atoms with E-state index in [1.165, 1.54) is 30.3 Å². The Labute approximate surface area is 168 Å². The van der Waals surface area contributed by atoms with Crippen LogP contribution in [0.15, 0.2) is 42.1 Å². The Bertz CT molecular complexity index is 870. The zero-order valence-electron chi connectivity index (χ0n) is 15.6. The Morgan fingerprint density at radius 3 is 3.00 bits per heavy atom. The third-order valence-electron chi connectivity index (χ3n) is 5.32. The lowest BCUT2D eigenvalue weighted by Crippen LogP contribution is -2.62. The van der Waals surface area contributed by atoms with Crippen LogP contribution in [-0.4, -0.2) is 38.6 Å². The molecule has 6 nitrogen and oxygen atoms in total. The van der Waals surface area contributed by atoms with Crippen LogP contribution in [0.4, 0.5) is 4.39 Å². The fraction of sp³-hybridized carbons (Fsp3) is 0.450. The number of hydrogen-bond donors (Lipinski definition) is 2. The predicted octanol–water partition coefficient (Wildman–Crippen LogP) is 2.97. The Morgan fingerprint density at radius 1 is 1.32 bits per heavy atom. The zero-order chi connectivity index (χ0) is 19.5. The first-order chi connectivity index (χ1) is 13.7. The van der Waals surface area contributed by atoms with Crippen molar-refractivity contribution in [3.63, 3.8) is 0 Å². The molecule has 0 radical (unpaired) electrons. The number of carbonyl (C=O) groups is 1. The molecule has 148 valence electrons. The van der Waals surface area contributed by atoms with Crippen LogP contribution in [0, 0.1) is 11.7 Å². The minimum atomic E-state index is -0.309. The maximum Gasteiger partial charge on any atom is 0.225 e. The van der Waals surface area contributed by atoms with Crippen LogP contribution in [0.2, 0.25) is 0 Å². The van der Waals surface area contributed by atoms with Crippen molar-refractivity contribution in [2.75, 3.05) is 5.75 Å². The summed E-state index contributed by atoms with van der Waals surface area (Å²) in [6.45, 7) is 4.33. The smallest absolute Gasteiger partial charge is 0.225 e. The maximum atomic E-state index is 13.6. The summed E-state index contributed by atoms with van der Waals surface area (Å²) in [5, 5.41) is 15.9. The van der Waals surface area contributed by atoms with Gasteiger partial charge in [0.15, 0.2) is 11.0 Å². The Morgan fingerprint density at radius 2 is 2.18 bits per heavy atom. The van der Waals surface area contributed by atoms with Gasteiger partial charge in [0.25, 0.3) is 0 Å². The molecule has 0 bridgehead atoms. The number of rotatable bonds is 6.